The lowest BCUT2D eigenvalue weighted by atomic mass is 10.1. The van der Waals surface area contributed by atoms with E-state index in [-0.39, 0.29) is 17.6 Å². The third kappa shape index (κ3) is 4.69. The second kappa shape index (κ2) is 8.63. The number of carbonyl (C=O) groups excluding carboxylic acids is 1. The minimum Gasteiger partial charge on any atom is -0.490 e. The van der Waals surface area contributed by atoms with E-state index in [9.17, 15) is 18.0 Å². The number of carbonyl (C=O) groups is 1. The second-order valence-electron chi connectivity index (χ2n) is 7.22. The molecule has 0 saturated carbocycles. The third-order valence-corrected chi connectivity index (χ3v) is 5.43. The fraction of sp³-hybridized carbons (Fsp3) is 0.273. The van der Waals surface area contributed by atoms with Crippen LogP contribution < -0.4 is 9.64 Å². The van der Waals surface area contributed by atoms with E-state index in [0.717, 1.165) is 11.8 Å². The van der Waals surface area contributed by atoms with E-state index in [0.29, 0.717) is 43.1 Å². The van der Waals surface area contributed by atoms with Gasteiger partial charge in [0.05, 0.1) is 17.4 Å². The van der Waals surface area contributed by atoms with Crippen LogP contribution in [0.15, 0.2) is 54.7 Å². The number of imidazole rings is 1. The van der Waals surface area contributed by atoms with Gasteiger partial charge in [-0.25, -0.2) is 4.98 Å². The van der Waals surface area contributed by atoms with Gasteiger partial charge in [0.15, 0.2) is 12.1 Å². The quantitative estimate of drug-likeness (QED) is 0.489. The Kier molecular flexibility index (Phi) is 5.91. The maximum absolute atomic E-state index is 13.4. The first kappa shape index (κ1) is 21.2. The Bertz CT molecular complexity index is 1060. The molecule has 0 aliphatic carbocycles. The van der Waals surface area contributed by atoms with Gasteiger partial charge in [0.1, 0.15) is 17.7 Å². The molecule has 0 atom stereocenters. The molecule has 0 N–H and O–H groups in total. The first-order chi connectivity index (χ1) is 14.8. The molecule has 1 aliphatic heterocycles. The van der Waals surface area contributed by atoms with Crippen LogP contribution in [-0.2, 0) is 6.18 Å². The number of aldehydes is 1. The summed E-state index contributed by atoms with van der Waals surface area (Å²) >= 11 is 5.89. The van der Waals surface area contributed by atoms with Crippen molar-refractivity contribution in [2.24, 2.45) is 0 Å². The molecule has 1 aromatic heterocycles. The van der Waals surface area contributed by atoms with E-state index in [4.69, 9.17) is 16.3 Å². The molecule has 2 heterocycles. The Labute approximate surface area is 182 Å². The van der Waals surface area contributed by atoms with Crippen molar-refractivity contribution >= 4 is 23.7 Å². The SMILES string of the molecule is O=Cc1nc(N2CCC(Oc3ccc(Cl)cc3)CC2)cn1-c1ccccc1C(F)(F)F. The van der Waals surface area contributed by atoms with Crippen molar-refractivity contribution in [2.45, 2.75) is 25.1 Å². The average Bonchev–Trinajstić information content (AvgIpc) is 3.20. The van der Waals surface area contributed by atoms with Gasteiger partial charge < -0.3 is 9.64 Å². The van der Waals surface area contributed by atoms with Gasteiger partial charge in [0.2, 0.25) is 0 Å². The molecule has 31 heavy (non-hydrogen) atoms. The van der Waals surface area contributed by atoms with Crippen molar-refractivity contribution in [1.82, 2.24) is 9.55 Å². The summed E-state index contributed by atoms with van der Waals surface area (Å²) in [4.78, 5) is 17.7. The molecular formula is C22H19ClF3N3O2. The molecule has 1 saturated heterocycles. The highest BCUT2D eigenvalue weighted by atomic mass is 35.5. The Morgan fingerprint density at radius 2 is 1.74 bits per heavy atom. The minimum absolute atomic E-state index is 0.0102. The Morgan fingerprint density at radius 3 is 2.39 bits per heavy atom. The predicted octanol–water partition coefficient (Wildman–Crippen LogP) is 5.40. The van der Waals surface area contributed by atoms with E-state index in [1.165, 1.54) is 29.0 Å². The number of hydrogen-bond donors (Lipinski definition) is 0. The molecular weight excluding hydrogens is 431 g/mol. The maximum atomic E-state index is 13.4. The second-order valence-corrected chi connectivity index (χ2v) is 7.65. The summed E-state index contributed by atoms with van der Waals surface area (Å²) in [5.74, 6) is 1.12. The van der Waals surface area contributed by atoms with Crippen LogP contribution in [0.1, 0.15) is 29.0 Å². The number of halogens is 4. The van der Waals surface area contributed by atoms with Crippen LogP contribution in [-0.4, -0.2) is 35.0 Å². The summed E-state index contributed by atoms with van der Waals surface area (Å²) in [7, 11) is 0. The highest BCUT2D eigenvalue weighted by Gasteiger charge is 2.34. The summed E-state index contributed by atoms with van der Waals surface area (Å²) in [6, 6.07) is 12.3. The number of benzene rings is 2. The van der Waals surface area contributed by atoms with Crippen LogP contribution in [0.3, 0.4) is 0 Å². The number of ether oxygens (including phenoxy) is 1. The minimum atomic E-state index is -4.54. The van der Waals surface area contributed by atoms with Gasteiger partial charge in [-0.15, -0.1) is 0 Å². The summed E-state index contributed by atoms with van der Waals surface area (Å²) < 4.78 is 47.4. The smallest absolute Gasteiger partial charge is 0.418 e. The van der Waals surface area contributed by atoms with E-state index >= 15 is 0 Å². The van der Waals surface area contributed by atoms with Crippen LogP contribution >= 0.6 is 11.6 Å². The van der Waals surface area contributed by atoms with Gasteiger partial charge in [-0.05, 0) is 36.4 Å². The molecule has 0 spiro atoms. The van der Waals surface area contributed by atoms with Crippen LogP contribution in [0.5, 0.6) is 5.75 Å². The maximum Gasteiger partial charge on any atom is 0.418 e. The lowest BCUT2D eigenvalue weighted by Crippen LogP contribution is -2.38. The zero-order chi connectivity index (χ0) is 22.0. The number of anilines is 1. The lowest BCUT2D eigenvalue weighted by molar-refractivity contribution is -0.137. The Morgan fingerprint density at radius 1 is 1.06 bits per heavy atom. The number of aromatic nitrogens is 2. The first-order valence-electron chi connectivity index (χ1n) is 9.73. The third-order valence-electron chi connectivity index (χ3n) is 5.18. The van der Waals surface area contributed by atoms with Gasteiger partial charge in [-0.3, -0.25) is 9.36 Å². The van der Waals surface area contributed by atoms with Crippen molar-refractivity contribution in [1.29, 1.82) is 0 Å². The normalized spacial score (nSPS) is 15.2. The fourth-order valence-corrected chi connectivity index (χ4v) is 3.77. The first-order valence-corrected chi connectivity index (χ1v) is 10.1. The molecule has 0 radical (unpaired) electrons. The van der Waals surface area contributed by atoms with Gasteiger partial charge >= 0.3 is 6.18 Å². The van der Waals surface area contributed by atoms with Crippen molar-refractivity contribution in [2.75, 3.05) is 18.0 Å². The average molecular weight is 450 g/mol. The molecule has 1 fully saturated rings. The monoisotopic (exact) mass is 449 g/mol. The number of rotatable bonds is 5. The van der Waals surface area contributed by atoms with E-state index in [1.807, 2.05) is 17.0 Å². The highest BCUT2D eigenvalue weighted by Crippen LogP contribution is 2.35. The molecule has 162 valence electrons. The lowest BCUT2D eigenvalue weighted by Gasteiger charge is -2.32. The van der Waals surface area contributed by atoms with Crippen LogP contribution in [0.4, 0.5) is 19.0 Å². The van der Waals surface area contributed by atoms with Crippen molar-refractivity contribution in [3.63, 3.8) is 0 Å². The molecule has 0 amide bonds. The molecule has 0 unspecified atom stereocenters. The molecule has 5 nitrogen and oxygen atoms in total. The number of para-hydroxylation sites is 1. The van der Waals surface area contributed by atoms with E-state index in [2.05, 4.69) is 4.98 Å². The standard InChI is InChI=1S/C22H19ClF3N3O2/c23-15-5-7-16(8-6-15)31-17-9-11-28(12-10-17)20-13-29(21(14-30)27-20)19-4-2-1-3-18(19)22(24,25)26/h1-8,13-14,17H,9-12H2. The number of alkyl halides is 3. The highest BCUT2D eigenvalue weighted by molar-refractivity contribution is 6.30. The van der Waals surface area contributed by atoms with E-state index < -0.39 is 11.7 Å². The van der Waals surface area contributed by atoms with Gasteiger partial charge in [0, 0.05) is 31.0 Å². The zero-order valence-electron chi connectivity index (χ0n) is 16.3. The Balaban J connectivity index is 1.51. The van der Waals surface area contributed by atoms with Gasteiger partial charge in [0.25, 0.3) is 0 Å². The van der Waals surface area contributed by atoms with Crippen molar-refractivity contribution in [3.8, 4) is 11.4 Å². The summed E-state index contributed by atoms with van der Waals surface area (Å²) in [5.41, 5.74) is -0.950. The Hall–Kier alpha value is -3.00. The topological polar surface area (TPSA) is 47.4 Å². The van der Waals surface area contributed by atoms with Crippen molar-refractivity contribution < 1.29 is 22.7 Å². The summed E-state index contributed by atoms with van der Waals surface area (Å²) in [6.07, 6.45) is -1.16. The van der Waals surface area contributed by atoms with Gasteiger partial charge in [-0.1, -0.05) is 23.7 Å². The number of nitrogens with zero attached hydrogens (tertiary/aromatic N) is 3. The number of piperidine rings is 1. The van der Waals surface area contributed by atoms with E-state index in [1.54, 1.807) is 12.1 Å². The van der Waals surface area contributed by atoms with Crippen molar-refractivity contribution in [3.05, 3.63) is 71.1 Å². The van der Waals surface area contributed by atoms with Crippen LogP contribution in [0.25, 0.3) is 5.69 Å². The molecule has 2 aromatic carbocycles. The summed E-state index contributed by atoms with van der Waals surface area (Å²) in [5, 5.41) is 0.635. The predicted molar refractivity (Wildman–Crippen MR) is 111 cm³/mol. The molecule has 9 heteroatoms. The largest absolute Gasteiger partial charge is 0.490 e. The zero-order valence-corrected chi connectivity index (χ0v) is 17.1. The van der Waals surface area contributed by atoms with Gasteiger partial charge in [-0.2, -0.15) is 13.2 Å². The fourth-order valence-electron chi connectivity index (χ4n) is 3.64. The van der Waals surface area contributed by atoms with Crippen LogP contribution in [0, 0.1) is 0 Å². The summed E-state index contributed by atoms with van der Waals surface area (Å²) in [6.45, 7) is 1.21. The molecule has 0 bridgehead atoms. The molecule has 4 rings (SSSR count). The number of hydrogen-bond acceptors (Lipinski definition) is 4. The van der Waals surface area contributed by atoms with Crippen LogP contribution in [0.2, 0.25) is 5.02 Å². The molecule has 3 aromatic rings. The molecule has 1 aliphatic rings.